The van der Waals surface area contributed by atoms with Gasteiger partial charge in [0.05, 0.1) is 21.3 Å². The smallest absolute Gasteiger partial charge is 0.262 e. The summed E-state index contributed by atoms with van der Waals surface area (Å²) in [6.07, 6.45) is 0. The van der Waals surface area contributed by atoms with Gasteiger partial charge in [0, 0.05) is 5.02 Å². The molecule has 8 heteroatoms. The molecule has 2 rings (SSSR count). The Labute approximate surface area is 125 Å². The van der Waals surface area contributed by atoms with Crippen LogP contribution in [0.1, 0.15) is 0 Å². The Balaban J connectivity index is 2.38. The number of rotatable bonds is 3. The van der Waals surface area contributed by atoms with E-state index in [-0.39, 0.29) is 26.3 Å². The second-order valence-electron chi connectivity index (χ2n) is 3.91. The normalized spacial score (nSPS) is 11.3. The van der Waals surface area contributed by atoms with Crippen LogP contribution in [0.5, 0.6) is 0 Å². The van der Waals surface area contributed by atoms with E-state index in [1.54, 1.807) is 0 Å². The maximum absolute atomic E-state index is 13.6. The van der Waals surface area contributed by atoms with Crippen molar-refractivity contribution in [1.82, 2.24) is 0 Å². The summed E-state index contributed by atoms with van der Waals surface area (Å²) in [7, 11) is -3.96. The molecule has 20 heavy (non-hydrogen) atoms. The molecular weight excluding hydrogens is 326 g/mol. The summed E-state index contributed by atoms with van der Waals surface area (Å²) >= 11 is 11.3. The Kier molecular flexibility index (Phi) is 4.08. The molecule has 0 fully saturated rings. The molecular formula is C12H9Cl2FN2O2S. The predicted molar refractivity (Wildman–Crippen MR) is 78.1 cm³/mol. The molecule has 2 aromatic carbocycles. The standard InChI is InChI=1S/C12H9Cl2FN2O2S/c13-7-1-4-12(10(15)5-7)17-20(18,19)8-2-3-9(14)11(16)6-8/h1-6,17H,16H2. The fourth-order valence-electron chi connectivity index (χ4n) is 1.46. The fraction of sp³-hybridized carbons (Fsp3) is 0. The van der Waals surface area contributed by atoms with Gasteiger partial charge in [-0.05, 0) is 36.4 Å². The lowest BCUT2D eigenvalue weighted by atomic mass is 10.3. The van der Waals surface area contributed by atoms with Crippen molar-refractivity contribution in [2.45, 2.75) is 4.90 Å². The number of hydrogen-bond acceptors (Lipinski definition) is 3. The number of nitrogens with one attached hydrogen (secondary N) is 1. The predicted octanol–water partition coefficient (Wildman–Crippen LogP) is 3.52. The molecule has 0 aliphatic heterocycles. The summed E-state index contributed by atoms with van der Waals surface area (Å²) in [6.45, 7) is 0. The minimum atomic E-state index is -3.96. The van der Waals surface area contributed by atoms with E-state index >= 15 is 0 Å². The second-order valence-corrected chi connectivity index (χ2v) is 6.44. The zero-order valence-electron chi connectivity index (χ0n) is 9.90. The molecule has 3 N–H and O–H groups in total. The number of hydrogen-bond donors (Lipinski definition) is 2. The summed E-state index contributed by atoms with van der Waals surface area (Å²) in [5.74, 6) is -0.775. The topological polar surface area (TPSA) is 72.2 Å². The van der Waals surface area contributed by atoms with E-state index in [0.29, 0.717) is 0 Å². The van der Waals surface area contributed by atoms with Crippen LogP contribution >= 0.6 is 23.2 Å². The van der Waals surface area contributed by atoms with Crippen LogP contribution in [-0.4, -0.2) is 8.42 Å². The minimum Gasteiger partial charge on any atom is -0.397 e. The maximum Gasteiger partial charge on any atom is 0.262 e. The quantitative estimate of drug-likeness (QED) is 0.843. The molecule has 0 radical (unpaired) electrons. The molecule has 0 saturated heterocycles. The minimum absolute atomic E-state index is 0.117. The van der Waals surface area contributed by atoms with Crippen LogP contribution in [0.25, 0.3) is 0 Å². The summed E-state index contributed by atoms with van der Waals surface area (Å²) in [6, 6.07) is 7.43. The third-order valence-corrected chi connectivity index (χ3v) is 4.40. The van der Waals surface area contributed by atoms with Crippen LogP contribution in [-0.2, 0) is 10.0 Å². The Hall–Kier alpha value is -1.50. The summed E-state index contributed by atoms with van der Waals surface area (Å²) in [4.78, 5) is -0.117. The third kappa shape index (κ3) is 3.15. The van der Waals surface area contributed by atoms with E-state index in [1.165, 1.54) is 30.3 Å². The lowest BCUT2D eigenvalue weighted by molar-refractivity contribution is 0.598. The van der Waals surface area contributed by atoms with Crippen LogP contribution in [0.3, 0.4) is 0 Å². The van der Waals surface area contributed by atoms with Crippen molar-refractivity contribution in [2.75, 3.05) is 10.5 Å². The van der Waals surface area contributed by atoms with E-state index in [2.05, 4.69) is 4.72 Å². The Morgan fingerprint density at radius 1 is 1.10 bits per heavy atom. The molecule has 2 aromatic rings. The van der Waals surface area contributed by atoms with Crippen LogP contribution < -0.4 is 10.5 Å². The van der Waals surface area contributed by atoms with E-state index in [9.17, 15) is 12.8 Å². The Morgan fingerprint density at radius 2 is 1.80 bits per heavy atom. The van der Waals surface area contributed by atoms with Gasteiger partial charge in [-0.3, -0.25) is 4.72 Å². The largest absolute Gasteiger partial charge is 0.397 e. The third-order valence-electron chi connectivity index (χ3n) is 2.45. The van der Waals surface area contributed by atoms with Gasteiger partial charge in [0.15, 0.2) is 0 Å². The number of nitrogen functional groups attached to an aromatic ring is 1. The van der Waals surface area contributed by atoms with E-state index < -0.39 is 15.8 Å². The number of benzene rings is 2. The molecule has 0 unspecified atom stereocenters. The fourth-order valence-corrected chi connectivity index (χ4v) is 2.84. The lowest BCUT2D eigenvalue weighted by Crippen LogP contribution is -2.14. The monoisotopic (exact) mass is 334 g/mol. The summed E-state index contributed by atoms with van der Waals surface area (Å²) in [5.41, 5.74) is 5.46. The van der Waals surface area contributed by atoms with Crippen molar-refractivity contribution in [3.8, 4) is 0 Å². The number of halogens is 3. The van der Waals surface area contributed by atoms with Crippen LogP contribution in [0.4, 0.5) is 15.8 Å². The molecule has 0 amide bonds. The highest BCUT2D eigenvalue weighted by atomic mass is 35.5. The van der Waals surface area contributed by atoms with Crippen LogP contribution in [0.15, 0.2) is 41.3 Å². The number of nitrogens with two attached hydrogens (primary N) is 1. The van der Waals surface area contributed by atoms with Crippen molar-refractivity contribution in [2.24, 2.45) is 0 Å². The Bertz CT molecular complexity index is 766. The zero-order chi connectivity index (χ0) is 14.9. The van der Waals surface area contributed by atoms with Crippen molar-refractivity contribution in [1.29, 1.82) is 0 Å². The Morgan fingerprint density at radius 3 is 2.40 bits per heavy atom. The molecule has 0 spiro atoms. The highest BCUT2D eigenvalue weighted by Crippen LogP contribution is 2.25. The molecule has 0 aromatic heterocycles. The SMILES string of the molecule is Nc1cc(S(=O)(=O)Nc2ccc(Cl)cc2F)ccc1Cl. The van der Waals surface area contributed by atoms with Crippen LogP contribution in [0, 0.1) is 5.82 Å². The van der Waals surface area contributed by atoms with Gasteiger partial charge in [-0.2, -0.15) is 0 Å². The molecule has 0 saturated carbocycles. The first-order chi connectivity index (χ1) is 9.29. The first-order valence-electron chi connectivity index (χ1n) is 5.32. The van der Waals surface area contributed by atoms with Gasteiger partial charge >= 0.3 is 0 Å². The molecule has 0 atom stereocenters. The number of anilines is 2. The van der Waals surface area contributed by atoms with E-state index in [1.807, 2.05) is 0 Å². The van der Waals surface area contributed by atoms with Crippen molar-refractivity contribution in [3.63, 3.8) is 0 Å². The highest BCUT2D eigenvalue weighted by molar-refractivity contribution is 7.92. The van der Waals surface area contributed by atoms with Gasteiger partial charge in [-0.25, -0.2) is 12.8 Å². The van der Waals surface area contributed by atoms with E-state index in [4.69, 9.17) is 28.9 Å². The van der Waals surface area contributed by atoms with Gasteiger partial charge in [0.25, 0.3) is 10.0 Å². The van der Waals surface area contributed by atoms with Gasteiger partial charge in [0.1, 0.15) is 5.82 Å². The molecule has 106 valence electrons. The lowest BCUT2D eigenvalue weighted by Gasteiger charge is -2.10. The molecule has 0 bridgehead atoms. The summed E-state index contributed by atoms with van der Waals surface area (Å²) in [5, 5.41) is 0.405. The van der Waals surface area contributed by atoms with Gasteiger partial charge < -0.3 is 5.73 Å². The molecule has 0 aliphatic rings. The average Bonchev–Trinajstić information content (AvgIpc) is 2.36. The van der Waals surface area contributed by atoms with Gasteiger partial charge in [0.2, 0.25) is 0 Å². The zero-order valence-corrected chi connectivity index (χ0v) is 12.2. The first-order valence-corrected chi connectivity index (χ1v) is 7.56. The summed E-state index contributed by atoms with van der Waals surface area (Å²) < 4.78 is 39.9. The van der Waals surface area contributed by atoms with Crippen molar-refractivity contribution >= 4 is 44.6 Å². The van der Waals surface area contributed by atoms with Crippen LogP contribution in [0.2, 0.25) is 10.0 Å². The first kappa shape index (κ1) is 14.9. The van der Waals surface area contributed by atoms with E-state index in [0.717, 1.165) is 6.07 Å². The number of sulfonamides is 1. The molecule has 0 heterocycles. The average molecular weight is 335 g/mol. The van der Waals surface area contributed by atoms with Crippen molar-refractivity contribution < 1.29 is 12.8 Å². The molecule has 0 aliphatic carbocycles. The maximum atomic E-state index is 13.6. The molecule has 4 nitrogen and oxygen atoms in total. The second kappa shape index (κ2) is 5.47. The van der Waals surface area contributed by atoms with Gasteiger partial charge in [-0.15, -0.1) is 0 Å². The highest BCUT2D eigenvalue weighted by Gasteiger charge is 2.17. The van der Waals surface area contributed by atoms with Crippen molar-refractivity contribution in [3.05, 3.63) is 52.3 Å². The van der Waals surface area contributed by atoms with Gasteiger partial charge in [-0.1, -0.05) is 23.2 Å².